The Morgan fingerprint density at radius 1 is 1.37 bits per heavy atom. The second kappa shape index (κ2) is 5.77. The molecule has 2 heterocycles. The minimum atomic E-state index is -0.162. The lowest BCUT2D eigenvalue weighted by Gasteiger charge is -2.06. The lowest BCUT2D eigenvalue weighted by Crippen LogP contribution is -2.26. The number of nitrogens with one attached hydrogen (secondary N) is 1. The quantitative estimate of drug-likeness (QED) is 0.831. The van der Waals surface area contributed by atoms with Gasteiger partial charge in [0, 0.05) is 13.1 Å². The van der Waals surface area contributed by atoms with Gasteiger partial charge in [-0.2, -0.15) is 5.10 Å². The molecule has 0 atom stereocenters. The number of unbranched alkanes of at least 4 members (excludes halogenated alkanes) is 1. The summed E-state index contributed by atoms with van der Waals surface area (Å²) in [6.07, 6.45) is 3.66. The van der Waals surface area contributed by atoms with Gasteiger partial charge in [0.15, 0.2) is 5.65 Å². The van der Waals surface area contributed by atoms with Crippen molar-refractivity contribution in [3.8, 4) is 0 Å². The molecule has 0 aliphatic rings. The van der Waals surface area contributed by atoms with Crippen molar-refractivity contribution in [1.82, 2.24) is 25.1 Å². The van der Waals surface area contributed by atoms with Gasteiger partial charge < -0.3 is 5.32 Å². The maximum absolute atomic E-state index is 12.0. The molecule has 6 nitrogen and oxygen atoms in total. The number of nitrogens with zero attached hydrogens (tertiary/aromatic N) is 4. The normalized spacial score (nSPS) is 10.9. The number of fused-ring (bicyclic) bond motifs is 1. The third-order valence-corrected chi connectivity index (χ3v) is 2.97. The molecule has 0 aliphatic heterocycles. The van der Waals surface area contributed by atoms with Crippen LogP contribution in [0.15, 0.2) is 6.20 Å². The summed E-state index contributed by atoms with van der Waals surface area (Å²) in [4.78, 5) is 20.8. The van der Waals surface area contributed by atoms with Crippen molar-refractivity contribution < 1.29 is 4.79 Å². The summed E-state index contributed by atoms with van der Waals surface area (Å²) in [5.41, 5.74) is 2.41. The molecule has 19 heavy (non-hydrogen) atoms. The predicted molar refractivity (Wildman–Crippen MR) is 73.0 cm³/mol. The summed E-state index contributed by atoms with van der Waals surface area (Å²) in [7, 11) is 0. The molecule has 2 aromatic heterocycles. The maximum atomic E-state index is 12.0. The van der Waals surface area contributed by atoms with E-state index in [0.717, 1.165) is 25.0 Å². The van der Waals surface area contributed by atoms with E-state index in [-0.39, 0.29) is 5.91 Å². The zero-order chi connectivity index (χ0) is 13.8. The molecule has 0 saturated carbocycles. The van der Waals surface area contributed by atoms with Gasteiger partial charge in [0.1, 0.15) is 11.2 Å². The molecule has 0 radical (unpaired) electrons. The van der Waals surface area contributed by atoms with Gasteiger partial charge >= 0.3 is 0 Å². The van der Waals surface area contributed by atoms with Gasteiger partial charge in [0.25, 0.3) is 5.91 Å². The van der Waals surface area contributed by atoms with E-state index in [1.165, 1.54) is 0 Å². The van der Waals surface area contributed by atoms with Gasteiger partial charge in [-0.25, -0.2) is 14.6 Å². The Kier molecular flexibility index (Phi) is 4.09. The first kappa shape index (κ1) is 13.5. The zero-order valence-electron chi connectivity index (χ0n) is 11.6. The van der Waals surface area contributed by atoms with Crippen LogP contribution in [0.4, 0.5) is 0 Å². The molecule has 0 fully saturated rings. The summed E-state index contributed by atoms with van der Waals surface area (Å²) in [5, 5.41) is 7.05. The standard InChI is InChI=1S/C13H19N5O/c1-4-6-7-14-13(19)11-9(3)16-12-10(17-11)8-15-18(12)5-2/h8H,4-7H2,1-3H3,(H,14,19). The highest BCUT2D eigenvalue weighted by atomic mass is 16.1. The fraction of sp³-hybridized carbons (Fsp3) is 0.538. The van der Waals surface area contributed by atoms with Crippen LogP contribution in [-0.2, 0) is 6.54 Å². The molecule has 0 bridgehead atoms. The molecule has 102 valence electrons. The van der Waals surface area contributed by atoms with Crippen LogP contribution in [0.5, 0.6) is 0 Å². The van der Waals surface area contributed by atoms with Crippen molar-refractivity contribution in [1.29, 1.82) is 0 Å². The molecule has 0 aromatic carbocycles. The number of carbonyl (C=O) groups excluding carboxylic acids is 1. The number of hydrogen-bond acceptors (Lipinski definition) is 4. The monoisotopic (exact) mass is 261 g/mol. The summed E-state index contributed by atoms with van der Waals surface area (Å²) >= 11 is 0. The molecule has 0 unspecified atom stereocenters. The average molecular weight is 261 g/mol. The van der Waals surface area contributed by atoms with Crippen LogP contribution in [0.3, 0.4) is 0 Å². The first-order valence-electron chi connectivity index (χ1n) is 6.65. The first-order valence-corrected chi connectivity index (χ1v) is 6.65. The number of amides is 1. The Labute approximate surface area is 112 Å². The Bertz CT molecular complexity index is 590. The van der Waals surface area contributed by atoms with Crippen LogP contribution >= 0.6 is 0 Å². The lowest BCUT2D eigenvalue weighted by molar-refractivity contribution is 0.0947. The molecule has 0 spiro atoms. The molecular formula is C13H19N5O. The van der Waals surface area contributed by atoms with Gasteiger partial charge in [0.2, 0.25) is 0 Å². The summed E-state index contributed by atoms with van der Waals surface area (Å²) in [6.45, 7) is 7.29. The smallest absolute Gasteiger partial charge is 0.271 e. The number of hydrogen-bond donors (Lipinski definition) is 1. The van der Waals surface area contributed by atoms with Gasteiger partial charge in [0.05, 0.1) is 11.9 Å². The van der Waals surface area contributed by atoms with Crippen LogP contribution in [0, 0.1) is 6.92 Å². The van der Waals surface area contributed by atoms with Gasteiger partial charge in [-0.15, -0.1) is 0 Å². The van der Waals surface area contributed by atoms with Crippen LogP contribution < -0.4 is 5.32 Å². The van der Waals surface area contributed by atoms with E-state index in [4.69, 9.17) is 0 Å². The van der Waals surface area contributed by atoms with Crippen molar-refractivity contribution in [3.63, 3.8) is 0 Å². The van der Waals surface area contributed by atoms with Gasteiger partial charge in [-0.3, -0.25) is 4.79 Å². The average Bonchev–Trinajstić information content (AvgIpc) is 2.79. The molecule has 0 saturated heterocycles. The van der Waals surface area contributed by atoms with E-state index in [0.29, 0.717) is 23.4 Å². The van der Waals surface area contributed by atoms with E-state index < -0.39 is 0 Å². The van der Waals surface area contributed by atoms with Crippen LogP contribution in [0.25, 0.3) is 11.2 Å². The second-order valence-corrected chi connectivity index (χ2v) is 4.44. The number of carbonyl (C=O) groups is 1. The molecule has 2 rings (SSSR count). The molecule has 1 N–H and O–H groups in total. The largest absolute Gasteiger partial charge is 0.351 e. The lowest BCUT2D eigenvalue weighted by atomic mass is 10.3. The third kappa shape index (κ3) is 2.72. The van der Waals surface area contributed by atoms with Crippen molar-refractivity contribution in [2.75, 3.05) is 6.54 Å². The SMILES string of the molecule is CCCCNC(=O)c1nc2cnn(CC)c2nc1C. The van der Waals surface area contributed by atoms with Crippen LogP contribution in [0.1, 0.15) is 42.9 Å². The third-order valence-electron chi connectivity index (χ3n) is 2.97. The maximum Gasteiger partial charge on any atom is 0.271 e. The van der Waals surface area contributed by atoms with Crippen molar-refractivity contribution >= 4 is 17.1 Å². The molecule has 6 heteroatoms. The summed E-state index contributed by atoms with van der Waals surface area (Å²) in [5.74, 6) is -0.162. The Morgan fingerprint density at radius 2 is 2.16 bits per heavy atom. The second-order valence-electron chi connectivity index (χ2n) is 4.44. The van der Waals surface area contributed by atoms with Crippen molar-refractivity contribution in [3.05, 3.63) is 17.6 Å². The van der Waals surface area contributed by atoms with Crippen molar-refractivity contribution in [2.45, 2.75) is 40.2 Å². The molecule has 1 amide bonds. The number of aromatic nitrogens is 4. The predicted octanol–water partition coefficient (Wildman–Crippen LogP) is 1.68. The van der Waals surface area contributed by atoms with E-state index in [2.05, 4.69) is 27.3 Å². The Hall–Kier alpha value is -1.98. The van der Waals surface area contributed by atoms with Gasteiger partial charge in [-0.1, -0.05) is 13.3 Å². The summed E-state index contributed by atoms with van der Waals surface area (Å²) in [6, 6.07) is 0. The topological polar surface area (TPSA) is 72.7 Å². The first-order chi connectivity index (χ1) is 9.17. The van der Waals surface area contributed by atoms with Crippen LogP contribution in [-0.4, -0.2) is 32.2 Å². The molecule has 2 aromatic rings. The van der Waals surface area contributed by atoms with E-state index in [1.807, 2.05) is 6.92 Å². The highest BCUT2D eigenvalue weighted by Gasteiger charge is 2.15. The summed E-state index contributed by atoms with van der Waals surface area (Å²) < 4.78 is 1.77. The fourth-order valence-electron chi connectivity index (χ4n) is 1.88. The van der Waals surface area contributed by atoms with E-state index in [1.54, 1.807) is 17.8 Å². The Balaban J connectivity index is 2.28. The number of aryl methyl sites for hydroxylation is 2. The van der Waals surface area contributed by atoms with Crippen LogP contribution in [0.2, 0.25) is 0 Å². The highest BCUT2D eigenvalue weighted by Crippen LogP contribution is 2.12. The zero-order valence-corrected chi connectivity index (χ0v) is 11.6. The van der Waals surface area contributed by atoms with E-state index >= 15 is 0 Å². The highest BCUT2D eigenvalue weighted by molar-refractivity contribution is 5.94. The van der Waals surface area contributed by atoms with Gasteiger partial charge in [-0.05, 0) is 20.3 Å². The van der Waals surface area contributed by atoms with Crippen molar-refractivity contribution in [2.24, 2.45) is 0 Å². The Morgan fingerprint density at radius 3 is 2.84 bits per heavy atom. The minimum Gasteiger partial charge on any atom is -0.351 e. The molecule has 0 aliphatic carbocycles. The number of rotatable bonds is 5. The molecular weight excluding hydrogens is 242 g/mol. The minimum absolute atomic E-state index is 0.162. The van der Waals surface area contributed by atoms with E-state index in [9.17, 15) is 4.79 Å². The fourth-order valence-corrected chi connectivity index (χ4v) is 1.88.